The normalized spacial score (nSPS) is 12.1. The standard InChI is InChI=1S/C18H17ClN2O2S/c1-11(13-6-3-4-7-14(13)19)20-17(22)10-15-12(2)23-18(21-15)16-8-5-9-24-16/h3-9,11H,10H2,1-2H3,(H,20,22). The molecule has 1 amide bonds. The number of rotatable bonds is 5. The largest absolute Gasteiger partial charge is 0.440 e. The van der Waals surface area contributed by atoms with Crippen molar-refractivity contribution in [2.24, 2.45) is 0 Å². The van der Waals surface area contributed by atoms with Crippen LogP contribution in [0.25, 0.3) is 10.8 Å². The smallest absolute Gasteiger partial charge is 0.236 e. The summed E-state index contributed by atoms with van der Waals surface area (Å²) >= 11 is 7.73. The molecule has 0 saturated carbocycles. The van der Waals surface area contributed by atoms with Crippen LogP contribution in [0.2, 0.25) is 5.02 Å². The van der Waals surface area contributed by atoms with Gasteiger partial charge >= 0.3 is 0 Å². The van der Waals surface area contributed by atoms with Crippen LogP contribution < -0.4 is 5.32 Å². The van der Waals surface area contributed by atoms with Gasteiger partial charge in [0.1, 0.15) is 5.76 Å². The van der Waals surface area contributed by atoms with E-state index in [2.05, 4.69) is 10.3 Å². The van der Waals surface area contributed by atoms with Gasteiger partial charge in [-0.1, -0.05) is 35.9 Å². The molecule has 1 unspecified atom stereocenters. The molecule has 3 aromatic rings. The highest BCUT2D eigenvalue weighted by Crippen LogP contribution is 2.26. The summed E-state index contributed by atoms with van der Waals surface area (Å²) in [6.07, 6.45) is 0.176. The van der Waals surface area contributed by atoms with Crippen LogP contribution in [-0.2, 0) is 11.2 Å². The van der Waals surface area contributed by atoms with E-state index in [4.69, 9.17) is 16.0 Å². The lowest BCUT2D eigenvalue weighted by Crippen LogP contribution is -2.28. The van der Waals surface area contributed by atoms with Crippen LogP contribution in [0.15, 0.2) is 46.2 Å². The van der Waals surface area contributed by atoms with Crippen LogP contribution in [0.1, 0.15) is 30.0 Å². The SMILES string of the molecule is Cc1oc(-c2cccs2)nc1CC(=O)NC(C)c1ccccc1Cl. The number of nitrogens with zero attached hydrogens (tertiary/aromatic N) is 1. The monoisotopic (exact) mass is 360 g/mol. The molecule has 2 heterocycles. The van der Waals surface area contributed by atoms with Crippen molar-refractivity contribution in [1.82, 2.24) is 10.3 Å². The average molecular weight is 361 g/mol. The molecule has 0 bridgehead atoms. The highest BCUT2D eigenvalue weighted by Gasteiger charge is 2.17. The minimum atomic E-state index is -0.171. The predicted molar refractivity (Wildman–Crippen MR) is 96.3 cm³/mol. The zero-order valence-corrected chi connectivity index (χ0v) is 14.9. The van der Waals surface area contributed by atoms with Crippen molar-refractivity contribution in [2.45, 2.75) is 26.3 Å². The molecule has 124 valence electrons. The van der Waals surface area contributed by atoms with Crippen molar-refractivity contribution in [3.8, 4) is 10.8 Å². The lowest BCUT2D eigenvalue weighted by Gasteiger charge is -2.15. The molecule has 0 spiro atoms. The number of carbonyl (C=O) groups excluding carboxylic acids is 1. The van der Waals surface area contributed by atoms with Crippen molar-refractivity contribution in [2.75, 3.05) is 0 Å². The van der Waals surface area contributed by atoms with E-state index in [-0.39, 0.29) is 18.4 Å². The number of halogens is 1. The van der Waals surface area contributed by atoms with Crippen molar-refractivity contribution in [3.63, 3.8) is 0 Å². The third-order valence-corrected chi connectivity index (χ3v) is 4.90. The summed E-state index contributed by atoms with van der Waals surface area (Å²) in [5.41, 5.74) is 1.55. The maximum Gasteiger partial charge on any atom is 0.236 e. The van der Waals surface area contributed by atoms with E-state index in [0.29, 0.717) is 22.4 Å². The Balaban J connectivity index is 1.68. The van der Waals surface area contributed by atoms with Gasteiger partial charge in [0.2, 0.25) is 11.8 Å². The summed E-state index contributed by atoms with van der Waals surface area (Å²) in [5.74, 6) is 1.11. The van der Waals surface area contributed by atoms with Crippen molar-refractivity contribution < 1.29 is 9.21 Å². The number of carbonyl (C=O) groups is 1. The minimum absolute atomic E-state index is 0.114. The number of aryl methyl sites for hydroxylation is 1. The molecule has 0 aliphatic heterocycles. The third-order valence-electron chi connectivity index (χ3n) is 3.70. The number of oxazole rings is 1. The van der Waals surface area contributed by atoms with E-state index in [9.17, 15) is 4.79 Å². The van der Waals surface area contributed by atoms with E-state index in [1.807, 2.05) is 55.6 Å². The molecule has 0 aliphatic carbocycles. The zero-order chi connectivity index (χ0) is 17.1. The van der Waals surface area contributed by atoms with Crippen molar-refractivity contribution >= 4 is 28.8 Å². The van der Waals surface area contributed by atoms with E-state index in [1.165, 1.54) is 0 Å². The Morgan fingerprint density at radius 2 is 2.12 bits per heavy atom. The molecular weight excluding hydrogens is 344 g/mol. The first-order valence-electron chi connectivity index (χ1n) is 7.58. The van der Waals surface area contributed by atoms with Gasteiger partial charge in [-0.3, -0.25) is 4.79 Å². The zero-order valence-electron chi connectivity index (χ0n) is 13.4. The van der Waals surface area contributed by atoms with E-state index in [0.717, 1.165) is 10.4 Å². The number of amides is 1. The summed E-state index contributed by atoms with van der Waals surface area (Å²) in [6.45, 7) is 3.73. The highest BCUT2D eigenvalue weighted by molar-refractivity contribution is 7.13. The molecule has 0 radical (unpaired) electrons. The van der Waals surface area contributed by atoms with Crippen LogP contribution in [0.4, 0.5) is 0 Å². The molecule has 2 aromatic heterocycles. The molecule has 0 fully saturated rings. The van der Waals surface area contributed by atoms with Crippen LogP contribution in [0.5, 0.6) is 0 Å². The van der Waals surface area contributed by atoms with Gasteiger partial charge in [-0.25, -0.2) is 4.98 Å². The molecule has 1 aromatic carbocycles. The second-order valence-electron chi connectivity index (χ2n) is 5.49. The summed E-state index contributed by atoms with van der Waals surface area (Å²) in [6, 6.07) is 11.2. The topological polar surface area (TPSA) is 55.1 Å². The molecule has 4 nitrogen and oxygen atoms in total. The predicted octanol–water partition coefficient (Wildman–Crippen LogP) is 4.78. The lowest BCUT2D eigenvalue weighted by atomic mass is 10.1. The minimum Gasteiger partial charge on any atom is -0.440 e. The van der Waals surface area contributed by atoms with Crippen LogP contribution in [0, 0.1) is 6.92 Å². The summed E-state index contributed by atoms with van der Waals surface area (Å²) in [7, 11) is 0. The lowest BCUT2D eigenvalue weighted by molar-refractivity contribution is -0.121. The van der Waals surface area contributed by atoms with E-state index >= 15 is 0 Å². The Bertz CT molecular complexity index is 843. The van der Waals surface area contributed by atoms with Crippen molar-refractivity contribution in [3.05, 3.63) is 63.8 Å². The number of nitrogens with one attached hydrogen (secondary N) is 1. The van der Waals surface area contributed by atoms with Crippen molar-refractivity contribution in [1.29, 1.82) is 0 Å². The van der Waals surface area contributed by atoms with Gasteiger partial charge in [-0.15, -0.1) is 11.3 Å². The molecule has 0 saturated heterocycles. The fourth-order valence-corrected chi connectivity index (χ4v) is 3.39. The van der Waals surface area contributed by atoms with Gasteiger partial charge < -0.3 is 9.73 Å². The second kappa shape index (κ2) is 7.20. The van der Waals surface area contributed by atoms with Gasteiger partial charge in [-0.2, -0.15) is 0 Å². The maximum atomic E-state index is 12.3. The Morgan fingerprint density at radius 1 is 1.33 bits per heavy atom. The molecule has 0 aliphatic rings. The fourth-order valence-electron chi connectivity index (χ4n) is 2.45. The Morgan fingerprint density at radius 3 is 2.83 bits per heavy atom. The first-order valence-corrected chi connectivity index (χ1v) is 8.84. The molecule has 3 rings (SSSR count). The second-order valence-corrected chi connectivity index (χ2v) is 6.84. The Kier molecular flexibility index (Phi) is 5.02. The van der Waals surface area contributed by atoms with Gasteiger partial charge in [0, 0.05) is 5.02 Å². The molecule has 1 N–H and O–H groups in total. The van der Waals surface area contributed by atoms with Gasteiger partial charge in [0.05, 0.1) is 23.0 Å². The van der Waals surface area contributed by atoms with Crippen LogP contribution in [-0.4, -0.2) is 10.9 Å². The number of aromatic nitrogens is 1. The fraction of sp³-hybridized carbons (Fsp3) is 0.222. The molecule has 1 atom stereocenters. The van der Waals surface area contributed by atoms with Gasteiger partial charge in [0.15, 0.2) is 0 Å². The van der Waals surface area contributed by atoms with E-state index < -0.39 is 0 Å². The molecular formula is C18H17ClN2O2S. The van der Waals surface area contributed by atoms with Gasteiger partial charge in [0.25, 0.3) is 0 Å². The highest BCUT2D eigenvalue weighted by atomic mass is 35.5. The first kappa shape index (κ1) is 16.7. The molecule has 6 heteroatoms. The summed E-state index contributed by atoms with van der Waals surface area (Å²) in [4.78, 5) is 17.7. The maximum absolute atomic E-state index is 12.3. The summed E-state index contributed by atoms with van der Waals surface area (Å²) in [5, 5.41) is 5.56. The van der Waals surface area contributed by atoms with Crippen LogP contribution in [0.3, 0.4) is 0 Å². The van der Waals surface area contributed by atoms with Crippen LogP contribution >= 0.6 is 22.9 Å². The Hall–Kier alpha value is -2.11. The van der Waals surface area contributed by atoms with Gasteiger partial charge in [-0.05, 0) is 36.9 Å². The summed E-state index contributed by atoms with van der Waals surface area (Å²) < 4.78 is 5.67. The number of thiophene rings is 1. The average Bonchev–Trinajstić information content (AvgIpc) is 3.18. The molecule has 24 heavy (non-hydrogen) atoms. The number of benzene rings is 1. The number of hydrogen-bond donors (Lipinski definition) is 1. The third kappa shape index (κ3) is 3.68. The quantitative estimate of drug-likeness (QED) is 0.712. The van der Waals surface area contributed by atoms with E-state index in [1.54, 1.807) is 11.3 Å². The number of hydrogen-bond acceptors (Lipinski definition) is 4. The Labute approximate surface area is 149 Å². The first-order chi connectivity index (χ1) is 11.5.